The first kappa shape index (κ1) is 13.1. The summed E-state index contributed by atoms with van der Waals surface area (Å²) < 4.78 is 0. The first-order valence-electron chi connectivity index (χ1n) is 6.58. The summed E-state index contributed by atoms with van der Waals surface area (Å²) in [4.78, 5) is 8.17. The lowest BCUT2D eigenvalue weighted by Gasteiger charge is -2.07. The fourth-order valence-corrected chi connectivity index (χ4v) is 2.43. The van der Waals surface area contributed by atoms with Crippen LogP contribution in [0.5, 0.6) is 0 Å². The topological polar surface area (TPSA) is 75.7 Å². The van der Waals surface area contributed by atoms with Crippen LogP contribution in [0.15, 0.2) is 30.6 Å². The number of nitrogens with two attached hydrogens (primary N) is 1. The second-order valence-corrected chi connectivity index (χ2v) is 5.56. The quantitative estimate of drug-likeness (QED) is 0.670. The van der Waals surface area contributed by atoms with Gasteiger partial charge in [0.1, 0.15) is 17.9 Å². The number of hydrogen-bond acceptors (Lipinski definition) is 3. The SMILES string of the molecule is N=C(N)c1cc(-c2ccc(CC3CC3)c(Cl)c2)ncn1. The molecule has 1 aliphatic carbocycles. The standard InChI is InChI=1S/C15H15ClN4/c16-12-6-11(4-3-10(12)5-9-1-2-9)13-7-14(15(17)18)20-8-19-13/h3-4,6-9H,1-2,5H2,(H3,17,18). The van der Waals surface area contributed by atoms with Crippen LogP contribution in [0.4, 0.5) is 0 Å². The number of halogens is 1. The van der Waals surface area contributed by atoms with Gasteiger partial charge in [-0.3, -0.25) is 5.41 Å². The molecule has 1 saturated carbocycles. The van der Waals surface area contributed by atoms with E-state index in [1.54, 1.807) is 6.07 Å². The molecule has 2 aromatic rings. The van der Waals surface area contributed by atoms with E-state index in [1.165, 1.54) is 24.7 Å². The van der Waals surface area contributed by atoms with Crippen LogP contribution in [0, 0.1) is 11.3 Å². The Bertz CT molecular complexity index is 665. The summed E-state index contributed by atoms with van der Waals surface area (Å²) in [6, 6.07) is 7.70. The maximum atomic E-state index is 7.42. The zero-order chi connectivity index (χ0) is 14.1. The van der Waals surface area contributed by atoms with Crippen LogP contribution >= 0.6 is 11.6 Å². The fraction of sp³-hybridized carbons (Fsp3) is 0.267. The molecular weight excluding hydrogens is 272 g/mol. The van der Waals surface area contributed by atoms with Gasteiger partial charge in [0, 0.05) is 10.6 Å². The number of nitrogens with zero attached hydrogens (tertiary/aromatic N) is 2. The van der Waals surface area contributed by atoms with E-state index in [2.05, 4.69) is 16.0 Å². The fourth-order valence-electron chi connectivity index (χ4n) is 2.17. The predicted molar refractivity (Wildman–Crippen MR) is 79.9 cm³/mol. The molecule has 1 fully saturated rings. The molecule has 1 aromatic heterocycles. The molecule has 5 heteroatoms. The summed E-state index contributed by atoms with van der Waals surface area (Å²) in [7, 11) is 0. The lowest BCUT2D eigenvalue weighted by Crippen LogP contribution is -2.13. The third-order valence-corrected chi connectivity index (χ3v) is 3.85. The maximum Gasteiger partial charge on any atom is 0.141 e. The Labute approximate surface area is 122 Å². The van der Waals surface area contributed by atoms with Crippen LogP contribution in [-0.4, -0.2) is 15.8 Å². The Morgan fingerprint density at radius 2 is 2.10 bits per heavy atom. The van der Waals surface area contributed by atoms with Gasteiger partial charge < -0.3 is 5.73 Å². The van der Waals surface area contributed by atoms with Gasteiger partial charge in [0.15, 0.2) is 0 Å². The largest absolute Gasteiger partial charge is 0.382 e. The average Bonchev–Trinajstić information content (AvgIpc) is 3.25. The van der Waals surface area contributed by atoms with Crippen molar-refractivity contribution in [3.05, 3.63) is 46.9 Å². The molecule has 1 aromatic carbocycles. The van der Waals surface area contributed by atoms with Crippen LogP contribution in [-0.2, 0) is 6.42 Å². The van der Waals surface area contributed by atoms with Crippen molar-refractivity contribution < 1.29 is 0 Å². The third kappa shape index (κ3) is 2.80. The second-order valence-electron chi connectivity index (χ2n) is 5.16. The number of benzene rings is 1. The summed E-state index contributed by atoms with van der Waals surface area (Å²) in [5.74, 6) is 0.742. The zero-order valence-corrected chi connectivity index (χ0v) is 11.7. The highest BCUT2D eigenvalue weighted by Gasteiger charge is 2.22. The molecule has 3 N–H and O–H groups in total. The average molecular weight is 287 g/mol. The van der Waals surface area contributed by atoms with E-state index in [9.17, 15) is 0 Å². The molecule has 3 rings (SSSR count). The highest BCUT2D eigenvalue weighted by Crippen LogP contribution is 2.35. The molecule has 20 heavy (non-hydrogen) atoms. The van der Waals surface area contributed by atoms with Gasteiger partial charge in [-0.1, -0.05) is 23.7 Å². The summed E-state index contributed by atoms with van der Waals surface area (Å²) >= 11 is 6.34. The number of nitrogen functional groups attached to an aromatic ring is 1. The third-order valence-electron chi connectivity index (χ3n) is 3.50. The molecule has 1 aliphatic rings. The summed E-state index contributed by atoms with van der Waals surface area (Å²) in [5.41, 5.74) is 8.70. The van der Waals surface area contributed by atoms with Crippen molar-refractivity contribution in [2.24, 2.45) is 11.7 Å². The van der Waals surface area contributed by atoms with E-state index in [4.69, 9.17) is 22.7 Å². The van der Waals surface area contributed by atoms with Crippen LogP contribution in [0.2, 0.25) is 5.02 Å². The highest BCUT2D eigenvalue weighted by atomic mass is 35.5. The number of hydrogen-bond donors (Lipinski definition) is 2. The highest BCUT2D eigenvalue weighted by molar-refractivity contribution is 6.31. The smallest absolute Gasteiger partial charge is 0.141 e. The minimum Gasteiger partial charge on any atom is -0.382 e. The van der Waals surface area contributed by atoms with Crippen molar-refractivity contribution in [2.75, 3.05) is 0 Å². The first-order chi connectivity index (χ1) is 9.63. The van der Waals surface area contributed by atoms with E-state index in [-0.39, 0.29) is 5.84 Å². The van der Waals surface area contributed by atoms with E-state index in [0.717, 1.165) is 28.6 Å². The maximum absolute atomic E-state index is 7.42. The normalized spacial score (nSPS) is 14.2. The zero-order valence-electron chi connectivity index (χ0n) is 10.9. The van der Waals surface area contributed by atoms with Crippen molar-refractivity contribution in [3.63, 3.8) is 0 Å². The monoisotopic (exact) mass is 286 g/mol. The lowest BCUT2D eigenvalue weighted by atomic mass is 10.0. The molecule has 4 nitrogen and oxygen atoms in total. The molecule has 0 spiro atoms. The van der Waals surface area contributed by atoms with E-state index >= 15 is 0 Å². The molecular formula is C15H15ClN4. The molecule has 102 valence electrons. The van der Waals surface area contributed by atoms with Gasteiger partial charge in [0.2, 0.25) is 0 Å². The van der Waals surface area contributed by atoms with E-state index in [1.807, 2.05) is 12.1 Å². The first-order valence-corrected chi connectivity index (χ1v) is 6.96. The summed E-state index contributed by atoms with van der Waals surface area (Å²) in [6.45, 7) is 0. The van der Waals surface area contributed by atoms with E-state index in [0.29, 0.717) is 5.69 Å². The Morgan fingerprint density at radius 3 is 2.75 bits per heavy atom. The van der Waals surface area contributed by atoms with Crippen molar-refractivity contribution in [2.45, 2.75) is 19.3 Å². The van der Waals surface area contributed by atoms with Crippen molar-refractivity contribution in [3.8, 4) is 11.3 Å². The second kappa shape index (κ2) is 5.21. The Morgan fingerprint density at radius 1 is 1.30 bits per heavy atom. The van der Waals surface area contributed by atoms with Gasteiger partial charge in [-0.2, -0.15) is 0 Å². The predicted octanol–water partition coefficient (Wildman–Crippen LogP) is 3.03. The van der Waals surface area contributed by atoms with Gasteiger partial charge in [-0.25, -0.2) is 9.97 Å². The van der Waals surface area contributed by atoms with E-state index < -0.39 is 0 Å². The summed E-state index contributed by atoms with van der Waals surface area (Å²) in [6.07, 6.45) is 5.09. The van der Waals surface area contributed by atoms with Gasteiger partial charge in [0.25, 0.3) is 0 Å². The van der Waals surface area contributed by atoms with Crippen molar-refractivity contribution >= 4 is 17.4 Å². The molecule has 0 amide bonds. The number of aromatic nitrogens is 2. The molecule has 0 saturated heterocycles. The molecule has 0 aliphatic heterocycles. The lowest BCUT2D eigenvalue weighted by molar-refractivity contribution is 0.833. The van der Waals surface area contributed by atoms with Gasteiger partial charge in [-0.05, 0) is 42.9 Å². The Hall–Kier alpha value is -1.94. The molecule has 0 atom stereocenters. The number of rotatable bonds is 4. The van der Waals surface area contributed by atoms with Crippen LogP contribution in [0.25, 0.3) is 11.3 Å². The number of amidine groups is 1. The molecule has 0 unspecified atom stereocenters. The van der Waals surface area contributed by atoms with Gasteiger partial charge in [0.05, 0.1) is 5.69 Å². The Balaban J connectivity index is 1.91. The number of nitrogens with one attached hydrogen (secondary N) is 1. The van der Waals surface area contributed by atoms with Crippen LogP contribution in [0.1, 0.15) is 24.1 Å². The molecule has 0 bridgehead atoms. The minimum absolute atomic E-state index is 0.0647. The van der Waals surface area contributed by atoms with Gasteiger partial charge >= 0.3 is 0 Å². The van der Waals surface area contributed by atoms with Crippen molar-refractivity contribution in [1.82, 2.24) is 9.97 Å². The Kier molecular flexibility index (Phi) is 3.40. The van der Waals surface area contributed by atoms with Crippen LogP contribution < -0.4 is 5.73 Å². The van der Waals surface area contributed by atoms with Gasteiger partial charge in [-0.15, -0.1) is 0 Å². The van der Waals surface area contributed by atoms with Crippen LogP contribution in [0.3, 0.4) is 0 Å². The molecule has 1 heterocycles. The van der Waals surface area contributed by atoms with Crippen molar-refractivity contribution in [1.29, 1.82) is 5.41 Å². The summed E-state index contributed by atoms with van der Waals surface area (Å²) in [5, 5.41) is 8.19. The molecule has 0 radical (unpaired) electrons. The minimum atomic E-state index is -0.0647.